The van der Waals surface area contributed by atoms with Crippen molar-refractivity contribution in [1.82, 2.24) is 4.90 Å². The number of amides is 1. The first-order valence-electron chi connectivity index (χ1n) is 7.09. The van der Waals surface area contributed by atoms with Crippen LogP contribution in [-0.4, -0.2) is 44.2 Å². The van der Waals surface area contributed by atoms with Gasteiger partial charge in [0.15, 0.2) is 0 Å². The van der Waals surface area contributed by atoms with Crippen LogP contribution in [0, 0.1) is 23.2 Å². The fraction of sp³-hybridized carbons (Fsp3) is 0.857. The SMILES string of the molecule is COCCN(CCC#N)C(=O)C1CCCCC1CN. The van der Waals surface area contributed by atoms with E-state index < -0.39 is 0 Å². The van der Waals surface area contributed by atoms with Crippen LogP contribution in [0.25, 0.3) is 0 Å². The van der Waals surface area contributed by atoms with E-state index in [1.165, 1.54) is 6.42 Å². The lowest BCUT2D eigenvalue weighted by Gasteiger charge is -2.34. The van der Waals surface area contributed by atoms with E-state index in [0.29, 0.717) is 38.6 Å². The summed E-state index contributed by atoms with van der Waals surface area (Å²) in [4.78, 5) is 14.4. The quantitative estimate of drug-likeness (QED) is 0.750. The van der Waals surface area contributed by atoms with Gasteiger partial charge in [0.05, 0.1) is 19.1 Å². The van der Waals surface area contributed by atoms with Gasteiger partial charge >= 0.3 is 0 Å². The zero-order valence-electron chi connectivity index (χ0n) is 11.8. The number of carbonyl (C=O) groups excluding carboxylic acids is 1. The van der Waals surface area contributed by atoms with Crippen molar-refractivity contribution in [1.29, 1.82) is 5.26 Å². The highest BCUT2D eigenvalue weighted by atomic mass is 16.5. The van der Waals surface area contributed by atoms with E-state index in [4.69, 9.17) is 15.7 Å². The molecule has 1 rings (SSSR count). The Balaban J connectivity index is 2.64. The van der Waals surface area contributed by atoms with E-state index in [1.54, 1.807) is 12.0 Å². The zero-order valence-corrected chi connectivity index (χ0v) is 11.8. The minimum absolute atomic E-state index is 0.0364. The third-order valence-electron chi connectivity index (χ3n) is 3.90. The van der Waals surface area contributed by atoms with E-state index in [2.05, 4.69) is 6.07 Å². The highest BCUT2D eigenvalue weighted by Gasteiger charge is 2.32. The zero-order chi connectivity index (χ0) is 14.1. The molecule has 0 aliphatic heterocycles. The molecule has 108 valence electrons. The van der Waals surface area contributed by atoms with Crippen molar-refractivity contribution >= 4 is 5.91 Å². The summed E-state index contributed by atoms with van der Waals surface area (Å²) in [5.41, 5.74) is 5.78. The molecule has 0 spiro atoms. The molecule has 0 bridgehead atoms. The fourth-order valence-corrected chi connectivity index (χ4v) is 2.77. The maximum absolute atomic E-state index is 12.6. The number of nitrogens with zero attached hydrogens (tertiary/aromatic N) is 2. The van der Waals surface area contributed by atoms with Crippen LogP contribution in [-0.2, 0) is 9.53 Å². The molecule has 2 unspecified atom stereocenters. The van der Waals surface area contributed by atoms with E-state index in [1.807, 2.05) is 0 Å². The molecule has 0 saturated heterocycles. The largest absolute Gasteiger partial charge is 0.383 e. The Morgan fingerprint density at radius 1 is 1.42 bits per heavy atom. The predicted octanol–water partition coefficient (Wildman–Crippen LogP) is 1.14. The van der Waals surface area contributed by atoms with Crippen molar-refractivity contribution in [3.8, 4) is 6.07 Å². The number of hydrogen-bond acceptors (Lipinski definition) is 4. The summed E-state index contributed by atoms with van der Waals surface area (Å²) in [7, 11) is 1.62. The molecule has 5 heteroatoms. The van der Waals surface area contributed by atoms with Gasteiger partial charge in [-0.05, 0) is 25.3 Å². The molecule has 0 heterocycles. The van der Waals surface area contributed by atoms with Crippen molar-refractivity contribution < 1.29 is 9.53 Å². The number of rotatable bonds is 7. The average Bonchev–Trinajstić information content (AvgIpc) is 2.46. The van der Waals surface area contributed by atoms with Crippen molar-refractivity contribution in [2.24, 2.45) is 17.6 Å². The second-order valence-electron chi connectivity index (χ2n) is 5.11. The highest BCUT2D eigenvalue weighted by Crippen LogP contribution is 2.30. The van der Waals surface area contributed by atoms with Gasteiger partial charge in [0.25, 0.3) is 0 Å². The van der Waals surface area contributed by atoms with E-state index in [0.717, 1.165) is 19.3 Å². The first-order chi connectivity index (χ1) is 9.24. The molecular formula is C14H25N3O2. The molecule has 0 aromatic heterocycles. The van der Waals surface area contributed by atoms with Gasteiger partial charge in [0.2, 0.25) is 5.91 Å². The molecule has 1 fully saturated rings. The topological polar surface area (TPSA) is 79.3 Å². The summed E-state index contributed by atoms with van der Waals surface area (Å²) >= 11 is 0. The summed E-state index contributed by atoms with van der Waals surface area (Å²) in [6.07, 6.45) is 4.61. The Kier molecular flexibility index (Phi) is 7.46. The van der Waals surface area contributed by atoms with Gasteiger partial charge in [-0.3, -0.25) is 4.79 Å². The Morgan fingerprint density at radius 2 is 2.16 bits per heavy atom. The number of carbonyl (C=O) groups is 1. The first-order valence-corrected chi connectivity index (χ1v) is 7.09. The molecule has 0 aromatic carbocycles. The molecule has 1 saturated carbocycles. The lowest BCUT2D eigenvalue weighted by Crippen LogP contribution is -2.43. The van der Waals surface area contributed by atoms with Crippen LogP contribution in [0.4, 0.5) is 0 Å². The second kappa shape index (κ2) is 8.89. The molecule has 0 radical (unpaired) electrons. The molecule has 2 N–H and O–H groups in total. The fourth-order valence-electron chi connectivity index (χ4n) is 2.77. The number of nitriles is 1. The molecule has 1 aliphatic carbocycles. The van der Waals surface area contributed by atoms with Gasteiger partial charge in [-0.2, -0.15) is 5.26 Å². The Labute approximate surface area is 115 Å². The van der Waals surface area contributed by atoms with Gasteiger partial charge in [-0.1, -0.05) is 12.8 Å². The summed E-state index contributed by atoms with van der Waals surface area (Å²) in [6, 6.07) is 2.10. The maximum atomic E-state index is 12.6. The predicted molar refractivity (Wildman–Crippen MR) is 73.2 cm³/mol. The van der Waals surface area contributed by atoms with Gasteiger partial charge in [-0.15, -0.1) is 0 Å². The van der Waals surface area contributed by atoms with E-state index in [-0.39, 0.29) is 11.8 Å². The Bertz CT molecular complexity index is 314. The van der Waals surface area contributed by atoms with E-state index >= 15 is 0 Å². The Morgan fingerprint density at radius 3 is 2.79 bits per heavy atom. The van der Waals surface area contributed by atoms with Crippen LogP contribution >= 0.6 is 0 Å². The summed E-state index contributed by atoms with van der Waals surface area (Å²) in [5, 5.41) is 8.69. The minimum Gasteiger partial charge on any atom is -0.383 e. The lowest BCUT2D eigenvalue weighted by atomic mass is 9.78. The summed E-state index contributed by atoms with van der Waals surface area (Å²) in [6.45, 7) is 2.14. The monoisotopic (exact) mass is 267 g/mol. The van der Waals surface area contributed by atoms with E-state index in [9.17, 15) is 4.79 Å². The lowest BCUT2D eigenvalue weighted by molar-refractivity contribution is -0.139. The first kappa shape index (κ1) is 15.9. The van der Waals surface area contributed by atoms with Crippen LogP contribution < -0.4 is 5.73 Å². The Hall–Kier alpha value is -1.12. The number of methoxy groups -OCH3 is 1. The number of hydrogen-bond donors (Lipinski definition) is 1. The summed E-state index contributed by atoms with van der Waals surface area (Å²) in [5.74, 6) is 0.491. The van der Waals surface area contributed by atoms with Gasteiger partial charge < -0.3 is 15.4 Å². The maximum Gasteiger partial charge on any atom is 0.226 e. The van der Waals surface area contributed by atoms with Crippen LogP contribution in [0.15, 0.2) is 0 Å². The smallest absolute Gasteiger partial charge is 0.226 e. The van der Waals surface area contributed by atoms with Crippen molar-refractivity contribution in [2.75, 3.05) is 33.4 Å². The highest BCUT2D eigenvalue weighted by molar-refractivity contribution is 5.79. The van der Waals surface area contributed by atoms with Crippen LogP contribution in [0.3, 0.4) is 0 Å². The molecule has 2 atom stereocenters. The molecule has 1 aliphatic rings. The molecule has 1 amide bonds. The minimum atomic E-state index is 0.0364. The van der Waals surface area contributed by atoms with Gasteiger partial charge in [0.1, 0.15) is 0 Å². The standard InChI is InChI=1S/C14H25N3O2/c1-19-10-9-17(8-4-7-15)14(18)13-6-3-2-5-12(13)11-16/h12-13H,2-6,8-11,16H2,1H3. The third kappa shape index (κ3) is 4.81. The molecule has 5 nitrogen and oxygen atoms in total. The molecule has 19 heavy (non-hydrogen) atoms. The number of nitrogens with two attached hydrogens (primary N) is 1. The van der Waals surface area contributed by atoms with Crippen LogP contribution in [0.2, 0.25) is 0 Å². The molecule has 0 aromatic rings. The van der Waals surface area contributed by atoms with Crippen LogP contribution in [0.1, 0.15) is 32.1 Å². The molecular weight excluding hydrogens is 242 g/mol. The van der Waals surface area contributed by atoms with Gasteiger partial charge in [-0.25, -0.2) is 0 Å². The number of ether oxygens (including phenoxy) is 1. The van der Waals surface area contributed by atoms with Crippen LogP contribution in [0.5, 0.6) is 0 Å². The van der Waals surface area contributed by atoms with Gasteiger partial charge in [0, 0.05) is 26.1 Å². The normalized spacial score (nSPS) is 22.8. The summed E-state index contributed by atoms with van der Waals surface area (Å²) < 4.78 is 5.04. The second-order valence-corrected chi connectivity index (χ2v) is 5.11. The van der Waals surface area contributed by atoms with Crippen molar-refractivity contribution in [3.63, 3.8) is 0 Å². The third-order valence-corrected chi connectivity index (χ3v) is 3.90. The van der Waals surface area contributed by atoms with Crippen molar-refractivity contribution in [3.05, 3.63) is 0 Å². The van der Waals surface area contributed by atoms with Crippen molar-refractivity contribution in [2.45, 2.75) is 32.1 Å². The average molecular weight is 267 g/mol.